The number of amides is 1. The standard InChI is InChI=1S/C15H23N3O/c1-13(19)17-8-4-14-5-9-18(10-6-14)12-15-3-2-7-16-11-15/h2-3,7,11,14H,4-6,8-10,12H2,1H3,(H,17,19). The molecule has 1 amide bonds. The Morgan fingerprint density at radius 2 is 2.26 bits per heavy atom. The van der Waals surface area contributed by atoms with Crippen molar-refractivity contribution in [3.8, 4) is 0 Å². The van der Waals surface area contributed by atoms with Gasteiger partial charge in [0.05, 0.1) is 0 Å². The molecule has 1 fully saturated rings. The Kier molecular flexibility index (Phi) is 5.33. The number of rotatable bonds is 5. The van der Waals surface area contributed by atoms with Crippen LogP contribution >= 0.6 is 0 Å². The van der Waals surface area contributed by atoms with Gasteiger partial charge in [0, 0.05) is 32.4 Å². The van der Waals surface area contributed by atoms with Gasteiger partial charge in [-0.25, -0.2) is 0 Å². The Morgan fingerprint density at radius 3 is 2.89 bits per heavy atom. The molecule has 0 saturated carbocycles. The van der Waals surface area contributed by atoms with Crippen molar-refractivity contribution in [3.63, 3.8) is 0 Å². The molecule has 1 aromatic heterocycles. The first-order valence-corrected chi connectivity index (χ1v) is 7.10. The number of likely N-dealkylation sites (tertiary alicyclic amines) is 1. The van der Waals surface area contributed by atoms with Gasteiger partial charge >= 0.3 is 0 Å². The van der Waals surface area contributed by atoms with Crippen molar-refractivity contribution in [2.45, 2.75) is 32.7 Å². The SMILES string of the molecule is CC(=O)NCCC1CCN(Cc2cccnc2)CC1. The van der Waals surface area contributed by atoms with Gasteiger partial charge in [-0.1, -0.05) is 6.07 Å². The molecule has 4 heteroatoms. The molecule has 4 nitrogen and oxygen atoms in total. The second-order valence-electron chi connectivity index (χ2n) is 5.35. The highest BCUT2D eigenvalue weighted by atomic mass is 16.1. The van der Waals surface area contributed by atoms with Gasteiger partial charge < -0.3 is 5.32 Å². The lowest BCUT2D eigenvalue weighted by atomic mass is 9.93. The molecule has 1 saturated heterocycles. The van der Waals surface area contributed by atoms with E-state index in [2.05, 4.69) is 21.3 Å². The van der Waals surface area contributed by atoms with E-state index in [0.29, 0.717) is 0 Å². The lowest BCUT2D eigenvalue weighted by Crippen LogP contribution is -2.34. The van der Waals surface area contributed by atoms with Crippen molar-refractivity contribution < 1.29 is 4.79 Å². The molecule has 2 rings (SSSR count). The maximum absolute atomic E-state index is 10.8. The summed E-state index contributed by atoms with van der Waals surface area (Å²) in [7, 11) is 0. The topological polar surface area (TPSA) is 45.2 Å². The van der Waals surface area contributed by atoms with Crippen LogP contribution in [0.5, 0.6) is 0 Å². The summed E-state index contributed by atoms with van der Waals surface area (Å²) >= 11 is 0. The molecular formula is C15H23N3O. The summed E-state index contributed by atoms with van der Waals surface area (Å²) in [5.41, 5.74) is 1.29. The Morgan fingerprint density at radius 1 is 1.47 bits per heavy atom. The summed E-state index contributed by atoms with van der Waals surface area (Å²) in [4.78, 5) is 17.5. The van der Waals surface area contributed by atoms with Crippen LogP contribution in [0, 0.1) is 5.92 Å². The van der Waals surface area contributed by atoms with Crippen LogP contribution in [0.3, 0.4) is 0 Å². The maximum atomic E-state index is 10.8. The summed E-state index contributed by atoms with van der Waals surface area (Å²) in [6, 6.07) is 4.13. The molecule has 0 atom stereocenters. The van der Waals surface area contributed by atoms with E-state index < -0.39 is 0 Å². The number of piperidine rings is 1. The van der Waals surface area contributed by atoms with E-state index in [1.807, 2.05) is 18.5 Å². The lowest BCUT2D eigenvalue weighted by molar-refractivity contribution is -0.119. The largest absolute Gasteiger partial charge is 0.356 e. The number of hydrogen-bond acceptors (Lipinski definition) is 3. The molecule has 1 aliphatic rings. The third kappa shape index (κ3) is 4.99. The summed E-state index contributed by atoms with van der Waals surface area (Å²) in [6.45, 7) is 5.71. The van der Waals surface area contributed by atoms with Crippen LogP contribution in [0.1, 0.15) is 31.7 Å². The van der Waals surface area contributed by atoms with Gasteiger partial charge in [0.15, 0.2) is 0 Å². The third-order valence-corrected chi connectivity index (χ3v) is 3.76. The molecule has 0 spiro atoms. The number of pyridine rings is 1. The van der Waals surface area contributed by atoms with Crippen molar-refractivity contribution in [2.24, 2.45) is 5.92 Å². The summed E-state index contributed by atoms with van der Waals surface area (Å²) < 4.78 is 0. The normalized spacial score (nSPS) is 17.3. The first-order chi connectivity index (χ1) is 9.24. The van der Waals surface area contributed by atoms with E-state index in [1.165, 1.54) is 18.4 Å². The van der Waals surface area contributed by atoms with Crippen molar-refractivity contribution in [1.82, 2.24) is 15.2 Å². The molecule has 1 aromatic rings. The van der Waals surface area contributed by atoms with Gasteiger partial charge in [0.1, 0.15) is 0 Å². The second kappa shape index (κ2) is 7.24. The Bertz CT molecular complexity index is 386. The molecular weight excluding hydrogens is 238 g/mol. The first-order valence-electron chi connectivity index (χ1n) is 7.10. The van der Waals surface area contributed by atoms with Crippen LogP contribution in [-0.2, 0) is 11.3 Å². The van der Waals surface area contributed by atoms with Gasteiger partial charge in [0.25, 0.3) is 0 Å². The average Bonchev–Trinajstić information content (AvgIpc) is 2.42. The Balaban J connectivity index is 1.66. The van der Waals surface area contributed by atoms with E-state index in [-0.39, 0.29) is 5.91 Å². The minimum Gasteiger partial charge on any atom is -0.356 e. The monoisotopic (exact) mass is 261 g/mol. The molecule has 19 heavy (non-hydrogen) atoms. The summed E-state index contributed by atoms with van der Waals surface area (Å²) in [5, 5.41) is 2.88. The summed E-state index contributed by atoms with van der Waals surface area (Å²) in [6.07, 6.45) is 7.35. The quantitative estimate of drug-likeness (QED) is 0.879. The van der Waals surface area contributed by atoms with E-state index >= 15 is 0 Å². The molecule has 0 aliphatic carbocycles. The number of nitrogens with zero attached hydrogens (tertiary/aromatic N) is 2. The van der Waals surface area contributed by atoms with Crippen molar-refractivity contribution in [1.29, 1.82) is 0 Å². The highest BCUT2D eigenvalue weighted by Crippen LogP contribution is 2.21. The molecule has 0 bridgehead atoms. The van der Waals surface area contributed by atoms with Gasteiger partial charge in [-0.2, -0.15) is 0 Å². The van der Waals surface area contributed by atoms with E-state index in [9.17, 15) is 4.79 Å². The number of hydrogen-bond donors (Lipinski definition) is 1. The zero-order valence-electron chi connectivity index (χ0n) is 11.6. The average molecular weight is 261 g/mol. The van der Waals surface area contributed by atoms with Crippen molar-refractivity contribution in [2.75, 3.05) is 19.6 Å². The highest BCUT2D eigenvalue weighted by molar-refractivity contribution is 5.72. The Hall–Kier alpha value is -1.42. The van der Waals surface area contributed by atoms with Crippen LogP contribution < -0.4 is 5.32 Å². The fraction of sp³-hybridized carbons (Fsp3) is 0.600. The van der Waals surface area contributed by atoms with Crippen LogP contribution in [0.2, 0.25) is 0 Å². The predicted octanol–water partition coefficient (Wildman–Crippen LogP) is 1.82. The smallest absolute Gasteiger partial charge is 0.216 e. The maximum Gasteiger partial charge on any atom is 0.216 e. The van der Waals surface area contributed by atoms with E-state index in [1.54, 1.807) is 6.92 Å². The van der Waals surface area contributed by atoms with E-state index in [0.717, 1.165) is 38.5 Å². The lowest BCUT2D eigenvalue weighted by Gasteiger charge is -2.31. The van der Waals surface area contributed by atoms with Crippen LogP contribution in [0.25, 0.3) is 0 Å². The zero-order valence-corrected chi connectivity index (χ0v) is 11.6. The minimum atomic E-state index is 0.0778. The van der Waals surface area contributed by atoms with Crippen LogP contribution in [0.4, 0.5) is 0 Å². The van der Waals surface area contributed by atoms with Gasteiger partial charge in [0.2, 0.25) is 5.91 Å². The van der Waals surface area contributed by atoms with Gasteiger partial charge in [-0.15, -0.1) is 0 Å². The summed E-state index contributed by atoms with van der Waals surface area (Å²) in [5.74, 6) is 0.839. The molecule has 1 aliphatic heterocycles. The fourth-order valence-corrected chi connectivity index (χ4v) is 2.64. The Labute approximate surface area is 115 Å². The van der Waals surface area contributed by atoms with Crippen LogP contribution in [-0.4, -0.2) is 35.4 Å². The van der Waals surface area contributed by atoms with Gasteiger partial charge in [-0.3, -0.25) is 14.7 Å². The molecule has 104 valence electrons. The molecule has 0 radical (unpaired) electrons. The number of aromatic nitrogens is 1. The second-order valence-corrected chi connectivity index (χ2v) is 5.35. The zero-order chi connectivity index (χ0) is 13.5. The number of carbonyl (C=O) groups is 1. The van der Waals surface area contributed by atoms with Crippen molar-refractivity contribution >= 4 is 5.91 Å². The highest BCUT2D eigenvalue weighted by Gasteiger charge is 2.18. The fourth-order valence-electron chi connectivity index (χ4n) is 2.64. The molecule has 0 aromatic carbocycles. The van der Waals surface area contributed by atoms with Gasteiger partial charge in [-0.05, 0) is 49.9 Å². The number of carbonyl (C=O) groups excluding carboxylic acids is 1. The van der Waals surface area contributed by atoms with Crippen LogP contribution in [0.15, 0.2) is 24.5 Å². The number of nitrogens with one attached hydrogen (secondary N) is 1. The third-order valence-electron chi connectivity index (χ3n) is 3.76. The van der Waals surface area contributed by atoms with E-state index in [4.69, 9.17) is 0 Å². The molecule has 2 heterocycles. The van der Waals surface area contributed by atoms with Crippen molar-refractivity contribution in [3.05, 3.63) is 30.1 Å². The molecule has 0 unspecified atom stereocenters. The first kappa shape index (κ1) is 14.0. The molecule has 1 N–H and O–H groups in total. The minimum absolute atomic E-state index is 0.0778. The predicted molar refractivity (Wildman–Crippen MR) is 75.5 cm³/mol.